The van der Waals surface area contributed by atoms with Crippen LogP contribution in [0.1, 0.15) is 11.1 Å². The van der Waals surface area contributed by atoms with Gasteiger partial charge in [0, 0.05) is 5.69 Å². The molecule has 48 heavy (non-hydrogen) atoms. The Morgan fingerprint density at radius 3 is 1.40 bits per heavy atom. The first kappa shape index (κ1) is 28.6. The molecule has 2 heterocycles. The monoisotopic (exact) mass is 631 g/mol. The maximum Gasteiger partial charge on any atom is 0.241 e. The first-order valence-electron chi connectivity index (χ1n) is 16.7. The van der Waals surface area contributed by atoms with Crippen LogP contribution in [0.4, 0.5) is 17.1 Å². The SMILES string of the molecule is Cc1cc(N2c3ccccc3Oc3ccccc32)cc(C)c1B1c2ccccc2[Si](c2ccccc2)(c2ccccc2)c2ccccc21. The number of aryl methyl sites for hydroxylation is 2. The van der Waals surface area contributed by atoms with Crippen molar-refractivity contribution in [2.45, 2.75) is 13.8 Å². The zero-order valence-corrected chi connectivity index (χ0v) is 28.1. The summed E-state index contributed by atoms with van der Waals surface area (Å²) in [5, 5.41) is 5.79. The minimum atomic E-state index is -2.62. The second-order valence-corrected chi connectivity index (χ2v) is 16.7. The van der Waals surface area contributed by atoms with Crippen molar-refractivity contribution in [3.8, 4) is 11.5 Å². The van der Waals surface area contributed by atoms with Gasteiger partial charge in [0.15, 0.2) is 19.6 Å². The molecular weight excluding hydrogens is 597 g/mol. The molecule has 0 spiro atoms. The predicted molar refractivity (Wildman–Crippen MR) is 205 cm³/mol. The van der Waals surface area contributed by atoms with E-state index in [4.69, 9.17) is 4.74 Å². The van der Waals surface area contributed by atoms with E-state index >= 15 is 0 Å². The predicted octanol–water partition coefficient (Wildman–Crippen LogP) is 6.09. The number of fused-ring (bicyclic) bond motifs is 4. The van der Waals surface area contributed by atoms with Crippen LogP contribution in [0.3, 0.4) is 0 Å². The Morgan fingerprint density at radius 1 is 0.479 bits per heavy atom. The minimum absolute atomic E-state index is 0.115. The Balaban J connectivity index is 1.28. The highest BCUT2D eigenvalue weighted by atomic mass is 28.3. The van der Waals surface area contributed by atoms with Crippen LogP contribution in [0.2, 0.25) is 0 Å². The molecule has 0 saturated heterocycles. The molecule has 0 aliphatic carbocycles. The summed E-state index contributed by atoms with van der Waals surface area (Å²) in [7, 11) is -2.62. The van der Waals surface area contributed by atoms with Crippen molar-refractivity contribution in [3.63, 3.8) is 0 Å². The van der Waals surface area contributed by atoms with Gasteiger partial charge in [-0.05, 0) is 71.0 Å². The van der Waals surface area contributed by atoms with E-state index in [0.29, 0.717) is 0 Å². The van der Waals surface area contributed by atoms with Crippen LogP contribution in [-0.4, -0.2) is 14.8 Å². The fraction of sp³-hybridized carbons (Fsp3) is 0.0455. The molecule has 228 valence electrons. The van der Waals surface area contributed by atoms with Crippen LogP contribution in [0.25, 0.3) is 0 Å². The van der Waals surface area contributed by atoms with Crippen LogP contribution < -0.4 is 46.8 Å². The van der Waals surface area contributed by atoms with Gasteiger partial charge in [-0.2, -0.15) is 0 Å². The van der Waals surface area contributed by atoms with E-state index in [9.17, 15) is 0 Å². The van der Waals surface area contributed by atoms with Crippen LogP contribution >= 0.6 is 0 Å². The largest absolute Gasteiger partial charge is 0.453 e. The standard InChI is InChI=1S/C44H34BNOSi/c1-31-29-33(46-38-23-11-13-25-40(38)47-41-26-14-12-24-39(41)46)30-32(2)44(31)45-36-21-9-15-27-42(36)48(34-17-5-3-6-18-34,35-19-7-4-8-20-35)43-28-16-10-22-37(43)45/h3-30H,1-2H3. The van der Waals surface area contributed by atoms with E-state index in [-0.39, 0.29) is 6.71 Å². The molecule has 2 aliphatic heterocycles. The lowest BCUT2D eigenvalue weighted by molar-refractivity contribution is 0.477. The van der Waals surface area contributed by atoms with Gasteiger partial charge in [0.05, 0.1) is 11.4 Å². The second-order valence-electron chi connectivity index (χ2n) is 13.0. The van der Waals surface area contributed by atoms with Gasteiger partial charge in [-0.3, -0.25) is 0 Å². The van der Waals surface area contributed by atoms with Gasteiger partial charge < -0.3 is 9.64 Å². The van der Waals surface area contributed by atoms with Gasteiger partial charge in [-0.15, -0.1) is 0 Å². The molecule has 0 atom stereocenters. The highest BCUT2D eigenvalue weighted by molar-refractivity contribution is 7.26. The summed E-state index contributed by atoms with van der Waals surface area (Å²) >= 11 is 0. The molecule has 2 nitrogen and oxygen atoms in total. The normalized spacial score (nSPS) is 13.9. The molecule has 0 radical (unpaired) electrons. The summed E-state index contributed by atoms with van der Waals surface area (Å²) in [5.74, 6) is 1.74. The third-order valence-corrected chi connectivity index (χ3v) is 15.2. The molecule has 0 bridgehead atoms. The maximum absolute atomic E-state index is 6.34. The Hall–Kier alpha value is -5.58. The summed E-state index contributed by atoms with van der Waals surface area (Å²) in [6.45, 7) is 4.70. The molecule has 0 amide bonds. The van der Waals surface area contributed by atoms with E-state index in [0.717, 1.165) is 28.6 Å². The van der Waals surface area contributed by atoms with E-state index in [1.807, 2.05) is 12.1 Å². The fourth-order valence-electron chi connectivity index (χ4n) is 8.49. The number of rotatable bonds is 4. The van der Waals surface area contributed by atoms with Crippen molar-refractivity contribution in [3.05, 3.63) is 181 Å². The molecule has 0 saturated carbocycles. The number of hydrogen-bond donors (Lipinski definition) is 0. The third-order valence-electron chi connectivity index (χ3n) is 10.3. The third kappa shape index (κ3) is 4.19. The van der Waals surface area contributed by atoms with E-state index < -0.39 is 8.07 Å². The molecule has 0 N–H and O–H groups in total. The Kier molecular flexibility index (Phi) is 6.73. The molecule has 9 rings (SSSR count). The molecule has 7 aromatic rings. The first-order valence-corrected chi connectivity index (χ1v) is 18.7. The average Bonchev–Trinajstić information content (AvgIpc) is 3.14. The lowest BCUT2D eigenvalue weighted by Crippen LogP contribution is -2.86. The summed E-state index contributed by atoms with van der Waals surface area (Å²) < 4.78 is 6.34. The van der Waals surface area contributed by atoms with Crippen molar-refractivity contribution < 1.29 is 4.74 Å². The highest BCUT2D eigenvalue weighted by Crippen LogP contribution is 2.50. The zero-order chi connectivity index (χ0) is 32.2. The quantitative estimate of drug-likeness (QED) is 0.218. The Labute approximate surface area is 284 Å². The molecule has 0 unspecified atom stereocenters. The topological polar surface area (TPSA) is 12.5 Å². The molecule has 0 aromatic heterocycles. The van der Waals surface area contributed by atoms with Crippen LogP contribution in [0.5, 0.6) is 11.5 Å². The van der Waals surface area contributed by atoms with Crippen molar-refractivity contribution >= 4 is 69.0 Å². The van der Waals surface area contributed by atoms with E-state index in [2.05, 4.69) is 176 Å². The molecule has 7 aromatic carbocycles. The maximum atomic E-state index is 6.34. The van der Waals surface area contributed by atoms with Gasteiger partial charge in [0.1, 0.15) is 0 Å². The molecule has 0 fully saturated rings. The van der Waals surface area contributed by atoms with Crippen LogP contribution in [0.15, 0.2) is 170 Å². The summed E-state index contributed by atoms with van der Waals surface area (Å²) in [6.07, 6.45) is 0. The zero-order valence-electron chi connectivity index (χ0n) is 27.1. The Morgan fingerprint density at radius 2 is 0.896 bits per heavy atom. The Bertz CT molecular complexity index is 2160. The summed E-state index contributed by atoms with van der Waals surface area (Å²) in [6, 6.07) is 62.5. The average molecular weight is 632 g/mol. The second kappa shape index (κ2) is 11.3. The van der Waals surface area contributed by atoms with Crippen molar-refractivity contribution in [1.29, 1.82) is 0 Å². The number of nitrogens with zero attached hydrogens (tertiary/aromatic N) is 1. The molecular formula is C44H34BNOSi. The lowest BCUT2D eigenvalue weighted by atomic mass is 9.35. The van der Waals surface area contributed by atoms with Crippen molar-refractivity contribution in [1.82, 2.24) is 0 Å². The number of anilines is 3. The summed E-state index contributed by atoms with van der Waals surface area (Å²) in [5.41, 5.74) is 10.0. The minimum Gasteiger partial charge on any atom is -0.453 e. The van der Waals surface area contributed by atoms with Crippen LogP contribution in [-0.2, 0) is 0 Å². The van der Waals surface area contributed by atoms with Gasteiger partial charge in [-0.25, -0.2) is 0 Å². The molecule has 2 aliphatic rings. The fourth-order valence-corrected chi connectivity index (χ4v) is 13.8. The lowest BCUT2D eigenvalue weighted by Gasteiger charge is -2.43. The molecule has 4 heteroatoms. The number of ether oxygens (including phenoxy) is 1. The first-order chi connectivity index (χ1) is 23.7. The van der Waals surface area contributed by atoms with E-state index in [1.54, 1.807) is 0 Å². The van der Waals surface area contributed by atoms with Gasteiger partial charge in [-0.1, -0.05) is 161 Å². The van der Waals surface area contributed by atoms with Crippen LogP contribution in [0, 0.1) is 13.8 Å². The number of benzene rings is 7. The van der Waals surface area contributed by atoms with Gasteiger partial charge >= 0.3 is 0 Å². The van der Waals surface area contributed by atoms with E-state index in [1.165, 1.54) is 48.3 Å². The number of hydrogen-bond acceptors (Lipinski definition) is 2. The van der Waals surface area contributed by atoms with Gasteiger partial charge in [0.2, 0.25) is 6.71 Å². The summed E-state index contributed by atoms with van der Waals surface area (Å²) in [4.78, 5) is 2.35. The van der Waals surface area contributed by atoms with Crippen molar-refractivity contribution in [2.24, 2.45) is 0 Å². The van der Waals surface area contributed by atoms with Crippen molar-refractivity contribution in [2.75, 3.05) is 4.90 Å². The smallest absolute Gasteiger partial charge is 0.241 e. The van der Waals surface area contributed by atoms with Gasteiger partial charge in [0.25, 0.3) is 0 Å². The highest BCUT2D eigenvalue weighted by Gasteiger charge is 2.50. The number of para-hydroxylation sites is 4.